The standard InChI is InChI=1S/C25H37N5O/c1-26-25(28-22-13-14-30(18-22)23-10-5-6-11-23)27-16-20-8-3-4-9-21(20)17-29(2)19-24-12-7-15-31-24/h3-4,7-9,12,15,22-23H,5-6,10-11,13-14,16-19H2,1-2H3,(H2,26,27,28). The third kappa shape index (κ3) is 6.11. The molecule has 6 nitrogen and oxygen atoms in total. The monoisotopic (exact) mass is 423 g/mol. The number of nitrogens with zero attached hydrogens (tertiary/aromatic N) is 3. The number of likely N-dealkylation sites (tertiary alicyclic amines) is 1. The van der Waals surface area contributed by atoms with Crippen molar-refractivity contribution in [2.45, 2.75) is 63.8 Å². The maximum atomic E-state index is 5.49. The van der Waals surface area contributed by atoms with Crippen LogP contribution in [0.5, 0.6) is 0 Å². The minimum absolute atomic E-state index is 0.487. The van der Waals surface area contributed by atoms with Gasteiger partial charge < -0.3 is 15.1 Å². The van der Waals surface area contributed by atoms with Gasteiger partial charge in [0.15, 0.2) is 5.96 Å². The number of rotatable bonds is 8. The quantitative estimate of drug-likeness (QED) is 0.502. The van der Waals surface area contributed by atoms with Crippen LogP contribution >= 0.6 is 0 Å². The second kappa shape index (κ2) is 10.8. The zero-order valence-corrected chi connectivity index (χ0v) is 19.0. The minimum Gasteiger partial charge on any atom is -0.468 e. The number of nitrogens with one attached hydrogen (secondary N) is 2. The summed E-state index contributed by atoms with van der Waals surface area (Å²) in [6, 6.07) is 13.9. The molecule has 1 unspecified atom stereocenters. The molecule has 1 aromatic carbocycles. The molecule has 31 heavy (non-hydrogen) atoms. The summed E-state index contributed by atoms with van der Waals surface area (Å²) in [7, 11) is 3.99. The fraction of sp³-hybridized carbons (Fsp3) is 0.560. The zero-order chi connectivity index (χ0) is 21.5. The number of benzene rings is 1. The zero-order valence-electron chi connectivity index (χ0n) is 19.0. The molecule has 1 aliphatic heterocycles. The molecule has 2 aromatic rings. The van der Waals surface area contributed by atoms with Gasteiger partial charge >= 0.3 is 0 Å². The van der Waals surface area contributed by atoms with Gasteiger partial charge in [-0.25, -0.2) is 0 Å². The van der Waals surface area contributed by atoms with Crippen molar-refractivity contribution in [3.05, 3.63) is 59.5 Å². The number of hydrogen-bond acceptors (Lipinski definition) is 4. The summed E-state index contributed by atoms with van der Waals surface area (Å²) >= 11 is 0. The lowest BCUT2D eigenvalue weighted by molar-refractivity contribution is 0.242. The van der Waals surface area contributed by atoms with E-state index in [2.05, 4.69) is 56.7 Å². The molecular formula is C25H37N5O. The first kappa shape index (κ1) is 21.9. The third-order valence-corrected chi connectivity index (χ3v) is 6.64. The lowest BCUT2D eigenvalue weighted by atomic mass is 10.1. The Kier molecular flexibility index (Phi) is 7.65. The van der Waals surface area contributed by atoms with Crippen molar-refractivity contribution in [1.29, 1.82) is 0 Å². The number of guanidine groups is 1. The minimum atomic E-state index is 0.487. The van der Waals surface area contributed by atoms with Crippen LogP contribution in [-0.4, -0.2) is 55.0 Å². The molecule has 2 heterocycles. The van der Waals surface area contributed by atoms with Gasteiger partial charge in [-0.3, -0.25) is 14.8 Å². The number of hydrogen-bond donors (Lipinski definition) is 2. The molecule has 1 aliphatic carbocycles. The van der Waals surface area contributed by atoms with E-state index >= 15 is 0 Å². The van der Waals surface area contributed by atoms with Crippen LogP contribution in [0.25, 0.3) is 0 Å². The summed E-state index contributed by atoms with van der Waals surface area (Å²) in [6.45, 7) is 4.80. The van der Waals surface area contributed by atoms with Gasteiger partial charge in [-0.1, -0.05) is 37.1 Å². The Balaban J connectivity index is 1.28. The molecule has 2 aliphatic rings. The second-order valence-corrected chi connectivity index (χ2v) is 9.01. The molecule has 2 N–H and O–H groups in total. The molecule has 1 atom stereocenters. The van der Waals surface area contributed by atoms with Crippen LogP contribution in [0.4, 0.5) is 0 Å². The smallest absolute Gasteiger partial charge is 0.191 e. The van der Waals surface area contributed by atoms with Gasteiger partial charge in [0.25, 0.3) is 0 Å². The molecule has 1 saturated heterocycles. The second-order valence-electron chi connectivity index (χ2n) is 9.01. The van der Waals surface area contributed by atoms with Crippen molar-refractivity contribution in [1.82, 2.24) is 20.4 Å². The van der Waals surface area contributed by atoms with Crippen molar-refractivity contribution in [2.75, 3.05) is 27.2 Å². The molecule has 0 amide bonds. The fourth-order valence-corrected chi connectivity index (χ4v) is 4.97. The predicted octanol–water partition coefficient (Wildman–Crippen LogP) is 3.59. The van der Waals surface area contributed by atoms with Gasteiger partial charge in [0.05, 0.1) is 12.8 Å². The molecule has 168 valence electrons. The topological polar surface area (TPSA) is 56.0 Å². The van der Waals surface area contributed by atoms with Crippen LogP contribution in [0.2, 0.25) is 0 Å². The highest BCUT2D eigenvalue weighted by molar-refractivity contribution is 5.80. The Hall–Kier alpha value is -2.31. The highest BCUT2D eigenvalue weighted by Crippen LogP contribution is 2.26. The van der Waals surface area contributed by atoms with Gasteiger partial charge in [-0.15, -0.1) is 0 Å². The molecular weight excluding hydrogens is 386 g/mol. The van der Waals surface area contributed by atoms with E-state index in [0.29, 0.717) is 6.04 Å². The highest BCUT2D eigenvalue weighted by atomic mass is 16.3. The van der Waals surface area contributed by atoms with Crippen LogP contribution in [0.15, 0.2) is 52.1 Å². The van der Waals surface area contributed by atoms with E-state index in [9.17, 15) is 0 Å². The Labute approximate surface area is 186 Å². The van der Waals surface area contributed by atoms with Crippen molar-refractivity contribution in [3.63, 3.8) is 0 Å². The molecule has 4 rings (SSSR count). The summed E-state index contributed by atoms with van der Waals surface area (Å²) in [5, 5.41) is 7.19. The number of furan rings is 1. The predicted molar refractivity (Wildman–Crippen MR) is 126 cm³/mol. The fourth-order valence-electron chi connectivity index (χ4n) is 4.97. The molecule has 0 spiro atoms. The van der Waals surface area contributed by atoms with Gasteiger partial charge in [0.2, 0.25) is 0 Å². The van der Waals surface area contributed by atoms with Crippen molar-refractivity contribution in [2.24, 2.45) is 4.99 Å². The van der Waals surface area contributed by atoms with Gasteiger partial charge in [-0.05, 0) is 49.6 Å². The van der Waals surface area contributed by atoms with Crippen LogP contribution in [0, 0.1) is 0 Å². The molecule has 0 bridgehead atoms. The lowest BCUT2D eigenvalue weighted by Crippen LogP contribution is -2.45. The Morgan fingerprint density at radius 1 is 1.10 bits per heavy atom. The van der Waals surface area contributed by atoms with Gasteiger partial charge in [0, 0.05) is 45.3 Å². The average Bonchev–Trinajstić information content (AvgIpc) is 3.54. The summed E-state index contributed by atoms with van der Waals surface area (Å²) in [4.78, 5) is 9.44. The van der Waals surface area contributed by atoms with Crippen LogP contribution < -0.4 is 10.6 Å². The van der Waals surface area contributed by atoms with E-state index in [1.807, 2.05) is 19.2 Å². The van der Waals surface area contributed by atoms with Crippen LogP contribution in [0.1, 0.15) is 49.0 Å². The molecule has 6 heteroatoms. The van der Waals surface area contributed by atoms with E-state index < -0.39 is 0 Å². The van der Waals surface area contributed by atoms with Gasteiger partial charge in [-0.2, -0.15) is 0 Å². The maximum absolute atomic E-state index is 5.49. The molecule has 1 saturated carbocycles. The summed E-state index contributed by atoms with van der Waals surface area (Å²) in [6.07, 6.45) is 8.50. The largest absolute Gasteiger partial charge is 0.468 e. The third-order valence-electron chi connectivity index (χ3n) is 6.64. The van der Waals surface area contributed by atoms with Crippen molar-refractivity contribution in [3.8, 4) is 0 Å². The lowest BCUT2D eigenvalue weighted by Gasteiger charge is -2.24. The molecule has 0 radical (unpaired) electrons. The Morgan fingerprint density at radius 3 is 2.65 bits per heavy atom. The van der Waals surface area contributed by atoms with E-state index in [0.717, 1.165) is 43.9 Å². The van der Waals surface area contributed by atoms with E-state index in [1.54, 1.807) is 6.26 Å². The van der Waals surface area contributed by atoms with Crippen LogP contribution in [-0.2, 0) is 19.6 Å². The van der Waals surface area contributed by atoms with Crippen molar-refractivity contribution >= 4 is 5.96 Å². The first-order chi connectivity index (χ1) is 15.2. The first-order valence-electron chi connectivity index (χ1n) is 11.7. The maximum Gasteiger partial charge on any atom is 0.191 e. The Morgan fingerprint density at radius 2 is 1.90 bits per heavy atom. The van der Waals surface area contributed by atoms with E-state index in [-0.39, 0.29) is 0 Å². The molecule has 2 fully saturated rings. The Bertz CT molecular complexity index is 828. The first-order valence-corrected chi connectivity index (χ1v) is 11.7. The highest BCUT2D eigenvalue weighted by Gasteiger charge is 2.30. The SMILES string of the molecule is CN=C(NCc1ccccc1CN(C)Cc1ccco1)NC1CCN(C2CCCC2)C1. The van der Waals surface area contributed by atoms with Crippen molar-refractivity contribution < 1.29 is 4.42 Å². The number of aliphatic imine (C=N–C) groups is 1. The summed E-state index contributed by atoms with van der Waals surface area (Å²) in [5.41, 5.74) is 2.63. The van der Waals surface area contributed by atoms with Gasteiger partial charge in [0.1, 0.15) is 5.76 Å². The van der Waals surface area contributed by atoms with E-state index in [1.165, 1.54) is 49.8 Å². The van der Waals surface area contributed by atoms with E-state index in [4.69, 9.17) is 4.42 Å². The van der Waals surface area contributed by atoms with Crippen LogP contribution in [0.3, 0.4) is 0 Å². The normalized spacial score (nSPS) is 20.6. The average molecular weight is 424 g/mol. The summed E-state index contributed by atoms with van der Waals surface area (Å²) < 4.78 is 5.49. The summed E-state index contributed by atoms with van der Waals surface area (Å²) in [5.74, 6) is 1.89. The molecule has 1 aromatic heterocycles.